The van der Waals surface area contributed by atoms with Gasteiger partial charge in [-0.3, -0.25) is 9.78 Å². The van der Waals surface area contributed by atoms with E-state index in [-0.39, 0.29) is 11.1 Å². The molecule has 1 aromatic carbocycles. The number of carbonyl (C=O) groups excluding carboxylic acids is 1. The number of halogens is 2. The van der Waals surface area contributed by atoms with Crippen LogP contribution in [0.1, 0.15) is 51.4 Å². The van der Waals surface area contributed by atoms with E-state index in [1.807, 2.05) is 0 Å². The molecule has 1 heterocycles. The molecule has 120 valence electrons. The number of benzene rings is 1. The first-order valence-corrected chi connectivity index (χ1v) is 6.77. The van der Waals surface area contributed by atoms with Crippen LogP contribution < -0.4 is 5.32 Å². The number of carboxylic acid groups (broad SMARTS) is 1. The topological polar surface area (TPSA) is 79.3 Å². The smallest absolute Gasteiger partial charge is 0.335 e. The van der Waals surface area contributed by atoms with Crippen molar-refractivity contribution in [3.8, 4) is 0 Å². The van der Waals surface area contributed by atoms with Gasteiger partial charge in [0.25, 0.3) is 12.3 Å². The van der Waals surface area contributed by atoms with Crippen LogP contribution in [0.15, 0.2) is 42.6 Å². The molecule has 0 saturated carbocycles. The molecule has 0 aliphatic heterocycles. The van der Waals surface area contributed by atoms with Crippen molar-refractivity contribution in [2.24, 2.45) is 0 Å². The van der Waals surface area contributed by atoms with Crippen molar-refractivity contribution in [3.05, 3.63) is 65.0 Å². The number of carboxylic acids is 1. The zero-order valence-electron chi connectivity index (χ0n) is 12.2. The fourth-order valence-corrected chi connectivity index (χ4v) is 2.06. The highest BCUT2D eigenvalue weighted by Crippen LogP contribution is 2.21. The van der Waals surface area contributed by atoms with E-state index in [1.54, 1.807) is 19.1 Å². The van der Waals surface area contributed by atoms with Crippen LogP contribution in [0.3, 0.4) is 0 Å². The van der Waals surface area contributed by atoms with Crippen LogP contribution in [0.4, 0.5) is 8.78 Å². The van der Waals surface area contributed by atoms with Gasteiger partial charge in [-0.2, -0.15) is 0 Å². The second-order valence-corrected chi connectivity index (χ2v) is 4.86. The van der Waals surface area contributed by atoms with Gasteiger partial charge in [0.1, 0.15) is 5.69 Å². The van der Waals surface area contributed by atoms with Crippen LogP contribution >= 0.6 is 0 Å². The molecular formula is C16H14F2N2O3. The highest BCUT2D eigenvalue weighted by atomic mass is 19.3. The molecule has 0 fully saturated rings. The molecule has 1 atom stereocenters. The number of carbonyl (C=O) groups is 2. The first kappa shape index (κ1) is 16.5. The molecule has 23 heavy (non-hydrogen) atoms. The zero-order valence-corrected chi connectivity index (χ0v) is 12.2. The lowest BCUT2D eigenvalue weighted by Gasteiger charge is -2.15. The summed E-state index contributed by atoms with van der Waals surface area (Å²) in [4.78, 5) is 26.5. The number of rotatable bonds is 5. The number of nitrogens with zero attached hydrogens (tertiary/aromatic N) is 1. The Morgan fingerprint density at radius 1 is 1.17 bits per heavy atom. The summed E-state index contributed by atoms with van der Waals surface area (Å²) in [6, 6.07) is 8.16. The van der Waals surface area contributed by atoms with E-state index in [9.17, 15) is 18.4 Å². The summed E-state index contributed by atoms with van der Waals surface area (Å²) in [6.07, 6.45) is -1.64. The maximum absolute atomic E-state index is 12.9. The standard InChI is InChI=1S/C16H14F2N2O3/c1-9(10-4-6-11(7-5-10)16(22)23)20-15(21)12-3-2-8-19-13(12)14(17)18/h2-9,14H,1H3,(H,20,21)(H,22,23)/t9-/m1/s1. The Morgan fingerprint density at radius 2 is 1.83 bits per heavy atom. The van der Waals surface area contributed by atoms with Gasteiger partial charge in [-0.1, -0.05) is 12.1 Å². The van der Waals surface area contributed by atoms with Gasteiger partial charge in [-0.05, 0) is 36.8 Å². The van der Waals surface area contributed by atoms with Crippen LogP contribution in [0.25, 0.3) is 0 Å². The molecular weight excluding hydrogens is 306 g/mol. The quantitative estimate of drug-likeness (QED) is 0.886. The van der Waals surface area contributed by atoms with Crippen molar-refractivity contribution in [2.45, 2.75) is 19.4 Å². The third-order valence-corrected chi connectivity index (χ3v) is 3.30. The first-order valence-electron chi connectivity index (χ1n) is 6.77. The molecule has 1 aromatic heterocycles. The molecule has 7 heteroatoms. The molecule has 0 radical (unpaired) electrons. The molecule has 2 rings (SSSR count). The number of nitrogens with one attached hydrogen (secondary N) is 1. The summed E-state index contributed by atoms with van der Waals surface area (Å²) in [7, 11) is 0. The number of hydrogen-bond donors (Lipinski definition) is 2. The minimum atomic E-state index is -2.85. The fourth-order valence-electron chi connectivity index (χ4n) is 2.06. The first-order chi connectivity index (χ1) is 10.9. The summed E-state index contributed by atoms with van der Waals surface area (Å²) < 4.78 is 25.7. The predicted molar refractivity (Wildman–Crippen MR) is 78.5 cm³/mol. The predicted octanol–water partition coefficient (Wildman–Crippen LogP) is 3.21. The van der Waals surface area contributed by atoms with E-state index in [2.05, 4.69) is 10.3 Å². The minimum absolute atomic E-state index is 0.125. The Balaban J connectivity index is 2.15. The Morgan fingerprint density at radius 3 is 2.39 bits per heavy atom. The zero-order chi connectivity index (χ0) is 17.0. The summed E-state index contributed by atoms with van der Waals surface area (Å²) in [5, 5.41) is 11.4. The number of amides is 1. The van der Waals surface area contributed by atoms with Gasteiger partial charge in [0.15, 0.2) is 0 Å². The van der Waals surface area contributed by atoms with Gasteiger partial charge in [-0.25, -0.2) is 13.6 Å². The third-order valence-electron chi connectivity index (χ3n) is 3.30. The largest absolute Gasteiger partial charge is 0.478 e. The Labute approximate surface area is 131 Å². The van der Waals surface area contributed by atoms with Crippen LogP contribution in [0.5, 0.6) is 0 Å². The Kier molecular flexibility index (Phi) is 5.00. The lowest BCUT2D eigenvalue weighted by atomic mass is 10.1. The molecule has 0 spiro atoms. The van der Waals surface area contributed by atoms with Crippen LogP contribution in [0, 0.1) is 0 Å². The maximum Gasteiger partial charge on any atom is 0.335 e. The molecule has 0 unspecified atom stereocenters. The van der Waals surface area contributed by atoms with E-state index in [0.717, 1.165) is 0 Å². The molecule has 0 bridgehead atoms. The van der Waals surface area contributed by atoms with E-state index < -0.39 is 30.0 Å². The molecule has 0 saturated heterocycles. The van der Waals surface area contributed by atoms with Crippen molar-refractivity contribution >= 4 is 11.9 Å². The summed E-state index contributed by atoms with van der Waals surface area (Å²) in [6.45, 7) is 1.67. The molecule has 0 aliphatic carbocycles. The third kappa shape index (κ3) is 3.88. The highest BCUT2D eigenvalue weighted by Gasteiger charge is 2.20. The summed E-state index contributed by atoms with van der Waals surface area (Å²) in [5.41, 5.74) is 0.0280. The number of hydrogen-bond acceptors (Lipinski definition) is 3. The Hall–Kier alpha value is -2.83. The van der Waals surface area contributed by atoms with Crippen molar-refractivity contribution in [2.75, 3.05) is 0 Å². The monoisotopic (exact) mass is 320 g/mol. The van der Waals surface area contributed by atoms with Crippen LogP contribution in [-0.2, 0) is 0 Å². The van der Waals surface area contributed by atoms with E-state index in [1.165, 1.54) is 30.5 Å². The maximum atomic E-state index is 12.9. The molecule has 1 amide bonds. The highest BCUT2D eigenvalue weighted by molar-refractivity contribution is 5.95. The fraction of sp³-hybridized carbons (Fsp3) is 0.188. The molecule has 2 N–H and O–H groups in total. The Bertz CT molecular complexity index is 718. The molecule has 0 aliphatic rings. The van der Waals surface area contributed by atoms with Gasteiger partial charge in [0.2, 0.25) is 0 Å². The van der Waals surface area contributed by atoms with Crippen molar-refractivity contribution in [1.82, 2.24) is 10.3 Å². The number of alkyl halides is 2. The summed E-state index contributed by atoms with van der Waals surface area (Å²) in [5.74, 6) is -1.71. The second kappa shape index (κ2) is 6.95. The number of aromatic nitrogens is 1. The van der Waals surface area contributed by atoms with Crippen molar-refractivity contribution in [1.29, 1.82) is 0 Å². The minimum Gasteiger partial charge on any atom is -0.478 e. The second-order valence-electron chi connectivity index (χ2n) is 4.86. The van der Waals surface area contributed by atoms with Gasteiger partial charge in [0.05, 0.1) is 17.2 Å². The molecule has 5 nitrogen and oxygen atoms in total. The van der Waals surface area contributed by atoms with E-state index in [4.69, 9.17) is 5.11 Å². The average molecular weight is 320 g/mol. The van der Waals surface area contributed by atoms with Gasteiger partial charge in [0, 0.05) is 6.20 Å². The van der Waals surface area contributed by atoms with Crippen molar-refractivity contribution < 1.29 is 23.5 Å². The van der Waals surface area contributed by atoms with Gasteiger partial charge >= 0.3 is 5.97 Å². The average Bonchev–Trinajstić information content (AvgIpc) is 2.54. The van der Waals surface area contributed by atoms with Crippen molar-refractivity contribution in [3.63, 3.8) is 0 Å². The van der Waals surface area contributed by atoms with Crippen LogP contribution in [-0.4, -0.2) is 22.0 Å². The SMILES string of the molecule is C[C@@H](NC(=O)c1cccnc1C(F)F)c1ccc(C(=O)O)cc1. The van der Waals surface area contributed by atoms with Gasteiger partial charge < -0.3 is 10.4 Å². The molecule has 2 aromatic rings. The number of aromatic carboxylic acids is 1. The summed E-state index contributed by atoms with van der Waals surface area (Å²) >= 11 is 0. The lowest BCUT2D eigenvalue weighted by Crippen LogP contribution is -2.28. The number of pyridine rings is 1. The van der Waals surface area contributed by atoms with Crippen LogP contribution in [0.2, 0.25) is 0 Å². The van der Waals surface area contributed by atoms with E-state index >= 15 is 0 Å². The van der Waals surface area contributed by atoms with Gasteiger partial charge in [-0.15, -0.1) is 0 Å². The lowest BCUT2D eigenvalue weighted by molar-refractivity contribution is 0.0696. The normalized spacial score (nSPS) is 12.0. The van der Waals surface area contributed by atoms with E-state index in [0.29, 0.717) is 5.56 Å².